The number of nitrogens with one attached hydrogen (secondary N) is 2. The molecule has 0 bridgehead atoms. The normalized spacial score (nSPS) is 17.7. The van der Waals surface area contributed by atoms with Gasteiger partial charge in [-0.3, -0.25) is 9.58 Å². The molecule has 3 aromatic rings. The van der Waals surface area contributed by atoms with E-state index in [0.717, 1.165) is 42.0 Å². The lowest BCUT2D eigenvalue weighted by molar-refractivity contribution is 0.275. The number of H-pyrrole nitrogens is 1. The zero-order valence-electron chi connectivity index (χ0n) is 15.6. The van der Waals surface area contributed by atoms with Gasteiger partial charge in [0.15, 0.2) is 0 Å². The number of ether oxygens (including phenoxy) is 1. The van der Waals surface area contributed by atoms with E-state index in [-0.39, 0.29) is 0 Å². The molecule has 0 spiro atoms. The largest absolute Gasteiger partial charge is 0.477 e. The number of fused-ring (bicyclic) bond motifs is 1. The highest BCUT2D eigenvalue weighted by Gasteiger charge is 2.21. The van der Waals surface area contributed by atoms with Crippen molar-refractivity contribution in [3.05, 3.63) is 24.2 Å². The van der Waals surface area contributed by atoms with E-state index in [0.29, 0.717) is 31.4 Å². The summed E-state index contributed by atoms with van der Waals surface area (Å²) in [5.41, 5.74) is 2.54. The maximum Gasteiger partial charge on any atom is 0.232 e. The number of rotatable bonds is 7. The molecule has 1 fully saturated rings. The molecular weight excluding hydrogens is 349 g/mol. The van der Waals surface area contributed by atoms with Crippen LogP contribution in [0.4, 0.5) is 16.0 Å². The van der Waals surface area contributed by atoms with Crippen LogP contribution in [0.3, 0.4) is 0 Å². The minimum Gasteiger partial charge on any atom is -0.477 e. The minimum atomic E-state index is -0.694. The van der Waals surface area contributed by atoms with E-state index >= 15 is 0 Å². The van der Waals surface area contributed by atoms with Crippen LogP contribution >= 0.6 is 0 Å². The van der Waals surface area contributed by atoms with E-state index in [9.17, 15) is 4.39 Å². The molecule has 1 atom stereocenters. The SMILES string of the molecule is CCOc1nc(Nc2cnn(CCN3CC[C@H](F)C3)c2C)nc2[nH]ccc12. The first-order valence-corrected chi connectivity index (χ1v) is 9.28. The van der Waals surface area contributed by atoms with Gasteiger partial charge < -0.3 is 15.0 Å². The van der Waals surface area contributed by atoms with Crippen molar-refractivity contribution in [1.29, 1.82) is 0 Å². The lowest BCUT2D eigenvalue weighted by Gasteiger charge is -2.15. The highest BCUT2D eigenvalue weighted by atomic mass is 19.1. The van der Waals surface area contributed by atoms with Gasteiger partial charge in [0.1, 0.15) is 11.8 Å². The lowest BCUT2D eigenvalue weighted by Crippen LogP contribution is -2.26. The maximum absolute atomic E-state index is 13.3. The summed E-state index contributed by atoms with van der Waals surface area (Å²) >= 11 is 0. The number of aromatic amines is 1. The molecule has 144 valence electrons. The fourth-order valence-electron chi connectivity index (χ4n) is 3.36. The van der Waals surface area contributed by atoms with Crippen LogP contribution in [0, 0.1) is 6.92 Å². The number of anilines is 2. The zero-order chi connectivity index (χ0) is 18.8. The summed E-state index contributed by atoms with van der Waals surface area (Å²) in [5, 5.41) is 8.52. The van der Waals surface area contributed by atoms with Gasteiger partial charge in [0.2, 0.25) is 11.8 Å². The van der Waals surface area contributed by atoms with Crippen LogP contribution in [0.25, 0.3) is 11.0 Å². The van der Waals surface area contributed by atoms with Gasteiger partial charge >= 0.3 is 0 Å². The number of hydrogen-bond acceptors (Lipinski definition) is 6. The molecular formula is C18H24FN7O. The van der Waals surface area contributed by atoms with Crippen LogP contribution < -0.4 is 10.1 Å². The van der Waals surface area contributed by atoms with Crippen molar-refractivity contribution in [3.63, 3.8) is 0 Å². The fourth-order valence-corrected chi connectivity index (χ4v) is 3.36. The third-order valence-electron chi connectivity index (χ3n) is 4.85. The third-order valence-corrected chi connectivity index (χ3v) is 4.85. The van der Waals surface area contributed by atoms with Crippen LogP contribution in [0.2, 0.25) is 0 Å². The molecule has 1 saturated heterocycles. The Hall–Kier alpha value is -2.68. The average molecular weight is 373 g/mol. The molecule has 8 nitrogen and oxygen atoms in total. The summed E-state index contributed by atoms with van der Waals surface area (Å²) in [6.07, 6.45) is 3.52. The van der Waals surface area contributed by atoms with Crippen LogP contribution in [-0.4, -0.2) is 62.0 Å². The summed E-state index contributed by atoms with van der Waals surface area (Å²) in [5.74, 6) is 1.00. The van der Waals surface area contributed by atoms with Crippen molar-refractivity contribution in [1.82, 2.24) is 29.6 Å². The maximum atomic E-state index is 13.3. The zero-order valence-corrected chi connectivity index (χ0v) is 15.6. The monoisotopic (exact) mass is 373 g/mol. The number of likely N-dealkylation sites (tertiary alicyclic amines) is 1. The second-order valence-electron chi connectivity index (χ2n) is 6.70. The Labute approximate surface area is 156 Å². The van der Waals surface area contributed by atoms with Crippen molar-refractivity contribution < 1.29 is 9.13 Å². The smallest absolute Gasteiger partial charge is 0.232 e. The molecule has 27 heavy (non-hydrogen) atoms. The fraction of sp³-hybridized carbons (Fsp3) is 0.500. The summed E-state index contributed by atoms with van der Waals surface area (Å²) in [4.78, 5) is 14.2. The Kier molecular flexibility index (Phi) is 4.93. The molecule has 0 saturated carbocycles. The summed E-state index contributed by atoms with van der Waals surface area (Å²) in [7, 11) is 0. The van der Waals surface area contributed by atoms with Gasteiger partial charge in [-0.15, -0.1) is 0 Å². The summed E-state index contributed by atoms with van der Waals surface area (Å²) < 4.78 is 20.8. The number of halogens is 1. The van der Waals surface area contributed by atoms with Gasteiger partial charge in [0, 0.05) is 25.8 Å². The number of hydrogen-bond donors (Lipinski definition) is 2. The molecule has 1 aliphatic heterocycles. The van der Waals surface area contributed by atoms with E-state index in [1.807, 2.05) is 30.8 Å². The molecule has 1 aliphatic rings. The van der Waals surface area contributed by atoms with E-state index in [1.165, 1.54) is 0 Å². The Bertz CT molecular complexity index is 922. The first kappa shape index (κ1) is 17.7. The Morgan fingerprint density at radius 2 is 2.26 bits per heavy atom. The van der Waals surface area contributed by atoms with E-state index in [4.69, 9.17) is 4.74 Å². The topological polar surface area (TPSA) is 83.9 Å². The summed E-state index contributed by atoms with van der Waals surface area (Å²) in [6, 6.07) is 1.90. The van der Waals surface area contributed by atoms with Crippen molar-refractivity contribution in [2.24, 2.45) is 0 Å². The molecule has 9 heteroatoms. The molecule has 0 amide bonds. The van der Waals surface area contributed by atoms with Crippen molar-refractivity contribution in [3.8, 4) is 5.88 Å². The lowest BCUT2D eigenvalue weighted by atomic mass is 10.3. The van der Waals surface area contributed by atoms with Crippen molar-refractivity contribution in [2.45, 2.75) is 33.0 Å². The third kappa shape index (κ3) is 3.73. The number of aromatic nitrogens is 5. The molecule has 0 aromatic carbocycles. The molecule has 4 rings (SSSR count). The highest BCUT2D eigenvalue weighted by Crippen LogP contribution is 2.25. The molecule has 2 N–H and O–H groups in total. The number of nitrogens with zero attached hydrogens (tertiary/aromatic N) is 5. The van der Waals surface area contributed by atoms with Crippen LogP contribution in [0.5, 0.6) is 5.88 Å². The Morgan fingerprint density at radius 1 is 1.37 bits per heavy atom. The molecule has 0 aliphatic carbocycles. The van der Waals surface area contributed by atoms with E-state index in [1.54, 1.807) is 6.20 Å². The molecule has 3 aromatic heterocycles. The van der Waals surface area contributed by atoms with Gasteiger partial charge in [-0.05, 0) is 26.3 Å². The quantitative estimate of drug-likeness (QED) is 0.662. The van der Waals surface area contributed by atoms with Gasteiger partial charge in [0.25, 0.3) is 0 Å². The Balaban J connectivity index is 1.48. The predicted molar refractivity (Wildman–Crippen MR) is 101 cm³/mol. The first-order chi connectivity index (χ1) is 13.1. The van der Waals surface area contributed by atoms with Crippen LogP contribution in [0.15, 0.2) is 18.5 Å². The van der Waals surface area contributed by atoms with Gasteiger partial charge in [0.05, 0.1) is 36.1 Å². The van der Waals surface area contributed by atoms with Gasteiger partial charge in [-0.2, -0.15) is 15.1 Å². The molecule has 4 heterocycles. The second-order valence-corrected chi connectivity index (χ2v) is 6.70. The predicted octanol–water partition coefficient (Wildman–Crippen LogP) is 2.65. The van der Waals surface area contributed by atoms with Gasteiger partial charge in [-0.1, -0.05) is 0 Å². The van der Waals surface area contributed by atoms with Crippen molar-refractivity contribution >= 4 is 22.7 Å². The van der Waals surface area contributed by atoms with Crippen molar-refractivity contribution in [2.75, 3.05) is 31.6 Å². The minimum absolute atomic E-state index is 0.455. The van der Waals surface area contributed by atoms with E-state index < -0.39 is 6.17 Å². The van der Waals surface area contributed by atoms with Crippen LogP contribution in [-0.2, 0) is 6.54 Å². The Morgan fingerprint density at radius 3 is 3.04 bits per heavy atom. The van der Waals surface area contributed by atoms with E-state index in [2.05, 4.69) is 30.3 Å². The number of alkyl halides is 1. The highest BCUT2D eigenvalue weighted by molar-refractivity contribution is 5.82. The second kappa shape index (κ2) is 7.51. The first-order valence-electron chi connectivity index (χ1n) is 9.28. The van der Waals surface area contributed by atoms with Gasteiger partial charge in [-0.25, -0.2) is 4.39 Å². The summed E-state index contributed by atoms with van der Waals surface area (Å²) in [6.45, 7) is 7.31. The van der Waals surface area contributed by atoms with Crippen LogP contribution in [0.1, 0.15) is 19.0 Å². The average Bonchev–Trinajstić information content (AvgIpc) is 3.36. The standard InChI is InChI=1S/C18H24FN7O/c1-3-27-17-14-4-6-20-16(14)23-18(24-17)22-15-10-21-26(12(15)2)9-8-25-7-5-13(19)11-25/h4,6,10,13H,3,5,7-9,11H2,1-2H3,(H2,20,22,23,24)/t13-/m0/s1. The molecule has 0 radical (unpaired) electrons. The molecule has 0 unspecified atom stereocenters.